The maximum atomic E-state index is 6.18. The molecule has 2 N–H and O–H groups in total. The molecular formula is C16H18N2. The second-order valence-electron chi connectivity index (χ2n) is 5.06. The van der Waals surface area contributed by atoms with Gasteiger partial charge in [0.2, 0.25) is 0 Å². The maximum absolute atomic E-state index is 6.18. The highest BCUT2D eigenvalue weighted by Crippen LogP contribution is 2.41. The summed E-state index contributed by atoms with van der Waals surface area (Å²) in [5, 5.41) is 0. The quantitative estimate of drug-likeness (QED) is 0.768. The Labute approximate surface area is 108 Å². The minimum Gasteiger partial charge on any atom is -0.397 e. The van der Waals surface area contributed by atoms with Crippen LogP contribution in [0.25, 0.3) is 0 Å². The fraction of sp³-hybridized carbons (Fsp3) is 0.250. The second kappa shape index (κ2) is 4.05. The minimum atomic E-state index is 0.464. The summed E-state index contributed by atoms with van der Waals surface area (Å²) >= 11 is 0. The van der Waals surface area contributed by atoms with Crippen LogP contribution in [-0.4, -0.2) is 6.04 Å². The molecule has 2 nitrogen and oxygen atoms in total. The zero-order chi connectivity index (χ0) is 12.7. The number of anilines is 3. The van der Waals surface area contributed by atoms with E-state index in [-0.39, 0.29) is 0 Å². The Hall–Kier alpha value is -1.96. The number of nitrogen functional groups attached to an aromatic ring is 1. The highest BCUT2D eigenvalue weighted by atomic mass is 15.2. The van der Waals surface area contributed by atoms with Crippen LogP contribution in [-0.2, 0) is 6.42 Å². The fourth-order valence-electron chi connectivity index (χ4n) is 2.92. The zero-order valence-corrected chi connectivity index (χ0v) is 10.9. The Bertz CT molecular complexity index is 569. The van der Waals surface area contributed by atoms with Gasteiger partial charge in [0.25, 0.3) is 0 Å². The maximum Gasteiger partial charge on any atom is 0.0676 e. The highest BCUT2D eigenvalue weighted by Gasteiger charge is 2.28. The SMILES string of the molecule is Cc1cccc(N)c1N1c2ccccc2CC1C. The lowest BCUT2D eigenvalue weighted by Crippen LogP contribution is -2.25. The van der Waals surface area contributed by atoms with Crippen LogP contribution in [0.15, 0.2) is 42.5 Å². The van der Waals surface area contributed by atoms with Gasteiger partial charge in [0.15, 0.2) is 0 Å². The lowest BCUT2D eigenvalue weighted by molar-refractivity contribution is 0.758. The molecule has 0 saturated carbocycles. The molecular weight excluding hydrogens is 220 g/mol. The number of nitrogens with zero attached hydrogens (tertiary/aromatic N) is 1. The van der Waals surface area contributed by atoms with E-state index in [9.17, 15) is 0 Å². The van der Waals surface area contributed by atoms with Crippen molar-refractivity contribution < 1.29 is 0 Å². The monoisotopic (exact) mass is 238 g/mol. The van der Waals surface area contributed by atoms with E-state index in [1.807, 2.05) is 12.1 Å². The van der Waals surface area contributed by atoms with Crippen molar-refractivity contribution in [2.75, 3.05) is 10.6 Å². The first-order chi connectivity index (χ1) is 8.68. The average Bonchev–Trinajstić information content (AvgIpc) is 2.66. The predicted octanol–water partition coefficient (Wildman–Crippen LogP) is 3.66. The second-order valence-corrected chi connectivity index (χ2v) is 5.06. The molecule has 0 fully saturated rings. The standard InChI is InChI=1S/C16H18N2/c1-11-6-5-8-14(17)16(11)18-12(2)10-13-7-3-4-9-15(13)18/h3-9,12H,10,17H2,1-2H3. The minimum absolute atomic E-state index is 0.464. The van der Waals surface area contributed by atoms with Gasteiger partial charge in [0.1, 0.15) is 0 Å². The van der Waals surface area contributed by atoms with Gasteiger partial charge in [-0.3, -0.25) is 0 Å². The Balaban J connectivity index is 2.18. The molecule has 0 spiro atoms. The van der Waals surface area contributed by atoms with Crippen LogP contribution in [0.4, 0.5) is 17.1 Å². The molecule has 2 aromatic rings. The normalized spacial score (nSPS) is 17.9. The summed E-state index contributed by atoms with van der Waals surface area (Å²) in [7, 11) is 0. The molecule has 0 bridgehead atoms. The molecule has 2 heteroatoms. The lowest BCUT2D eigenvalue weighted by atomic mass is 10.1. The van der Waals surface area contributed by atoms with Gasteiger partial charge in [-0.1, -0.05) is 30.3 Å². The summed E-state index contributed by atoms with van der Waals surface area (Å²) in [6.45, 7) is 4.38. The van der Waals surface area contributed by atoms with Gasteiger partial charge in [-0.05, 0) is 43.5 Å². The van der Waals surface area contributed by atoms with Crippen molar-refractivity contribution in [2.24, 2.45) is 0 Å². The van der Waals surface area contributed by atoms with Gasteiger partial charge in [-0.15, -0.1) is 0 Å². The number of benzene rings is 2. The van der Waals surface area contributed by atoms with Crippen molar-refractivity contribution in [3.8, 4) is 0 Å². The van der Waals surface area contributed by atoms with Crippen LogP contribution in [0.2, 0.25) is 0 Å². The van der Waals surface area contributed by atoms with E-state index in [1.165, 1.54) is 16.8 Å². The van der Waals surface area contributed by atoms with Crippen LogP contribution in [0.3, 0.4) is 0 Å². The third-order valence-electron chi connectivity index (χ3n) is 3.72. The van der Waals surface area contributed by atoms with E-state index in [4.69, 9.17) is 5.73 Å². The van der Waals surface area contributed by atoms with Crippen LogP contribution < -0.4 is 10.6 Å². The summed E-state index contributed by atoms with van der Waals surface area (Å²) in [4.78, 5) is 2.38. The van der Waals surface area contributed by atoms with Crippen LogP contribution >= 0.6 is 0 Å². The first-order valence-electron chi connectivity index (χ1n) is 6.40. The van der Waals surface area contributed by atoms with Gasteiger partial charge in [-0.25, -0.2) is 0 Å². The first-order valence-corrected chi connectivity index (χ1v) is 6.40. The zero-order valence-electron chi connectivity index (χ0n) is 10.9. The number of hydrogen-bond acceptors (Lipinski definition) is 2. The van der Waals surface area contributed by atoms with Crippen molar-refractivity contribution in [3.63, 3.8) is 0 Å². The molecule has 18 heavy (non-hydrogen) atoms. The number of aryl methyl sites for hydroxylation is 1. The van der Waals surface area contributed by atoms with E-state index < -0.39 is 0 Å². The molecule has 0 radical (unpaired) electrons. The molecule has 1 heterocycles. The van der Waals surface area contributed by atoms with Crippen molar-refractivity contribution >= 4 is 17.1 Å². The van der Waals surface area contributed by atoms with Crippen molar-refractivity contribution in [1.29, 1.82) is 0 Å². The van der Waals surface area contributed by atoms with E-state index in [0.717, 1.165) is 17.8 Å². The number of para-hydroxylation sites is 2. The van der Waals surface area contributed by atoms with Crippen molar-refractivity contribution in [3.05, 3.63) is 53.6 Å². The molecule has 3 rings (SSSR count). The summed E-state index contributed by atoms with van der Waals surface area (Å²) in [6, 6.07) is 15.2. The Morgan fingerprint density at radius 2 is 1.89 bits per heavy atom. The fourth-order valence-corrected chi connectivity index (χ4v) is 2.92. The van der Waals surface area contributed by atoms with E-state index in [1.54, 1.807) is 0 Å². The van der Waals surface area contributed by atoms with E-state index in [0.29, 0.717) is 6.04 Å². The van der Waals surface area contributed by atoms with Gasteiger partial charge >= 0.3 is 0 Å². The van der Waals surface area contributed by atoms with Crippen molar-refractivity contribution in [2.45, 2.75) is 26.3 Å². The number of rotatable bonds is 1. The molecule has 92 valence electrons. The molecule has 0 aliphatic carbocycles. The summed E-state index contributed by atoms with van der Waals surface area (Å²) < 4.78 is 0. The summed E-state index contributed by atoms with van der Waals surface area (Å²) in [5.74, 6) is 0. The third kappa shape index (κ3) is 1.57. The van der Waals surface area contributed by atoms with Crippen molar-refractivity contribution in [1.82, 2.24) is 0 Å². The first kappa shape index (κ1) is 11.1. The smallest absolute Gasteiger partial charge is 0.0676 e. The molecule has 0 aromatic heterocycles. The van der Waals surface area contributed by atoms with Gasteiger partial charge in [0.05, 0.1) is 11.4 Å². The molecule has 1 unspecified atom stereocenters. The van der Waals surface area contributed by atoms with Gasteiger partial charge in [-0.2, -0.15) is 0 Å². The molecule has 0 saturated heterocycles. The van der Waals surface area contributed by atoms with E-state index in [2.05, 4.69) is 49.1 Å². The molecule has 2 aromatic carbocycles. The molecule has 1 aliphatic rings. The van der Waals surface area contributed by atoms with E-state index >= 15 is 0 Å². The Morgan fingerprint density at radius 3 is 2.67 bits per heavy atom. The highest BCUT2D eigenvalue weighted by molar-refractivity contribution is 5.81. The van der Waals surface area contributed by atoms with Gasteiger partial charge < -0.3 is 10.6 Å². The molecule has 1 aliphatic heterocycles. The summed E-state index contributed by atoms with van der Waals surface area (Å²) in [6.07, 6.45) is 1.09. The largest absolute Gasteiger partial charge is 0.397 e. The third-order valence-corrected chi connectivity index (χ3v) is 3.72. The Morgan fingerprint density at radius 1 is 1.11 bits per heavy atom. The topological polar surface area (TPSA) is 29.3 Å². The van der Waals surface area contributed by atoms with Gasteiger partial charge in [0, 0.05) is 11.7 Å². The molecule has 0 amide bonds. The lowest BCUT2D eigenvalue weighted by Gasteiger charge is -2.28. The average molecular weight is 238 g/mol. The molecule has 1 atom stereocenters. The van der Waals surface area contributed by atoms with Crippen LogP contribution in [0.1, 0.15) is 18.1 Å². The van der Waals surface area contributed by atoms with Crippen LogP contribution in [0.5, 0.6) is 0 Å². The number of hydrogen-bond donors (Lipinski definition) is 1. The summed E-state index contributed by atoms with van der Waals surface area (Å²) in [5.41, 5.74) is 12.1. The number of fused-ring (bicyclic) bond motifs is 1. The predicted molar refractivity (Wildman–Crippen MR) is 77.3 cm³/mol. The van der Waals surface area contributed by atoms with Crippen LogP contribution in [0, 0.1) is 6.92 Å². The number of nitrogens with two attached hydrogens (primary N) is 1. The Kier molecular flexibility index (Phi) is 2.51.